The lowest BCUT2D eigenvalue weighted by Crippen LogP contribution is -2.36. The molecule has 0 bridgehead atoms. The second kappa shape index (κ2) is 7.76. The first-order valence-electron chi connectivity index (χ1n) is 8.17. The molecule has 0 aliphatic heterocycles. The van der Waals surface area contributed by atoms with Crippen molar-refractivity contribution in [2.24, 2.45) is 0 Å². The minimum absolute atomic E-state index is 0.237. The second-order valence-corrected chi connectivity index (χ2v) is 8.88. The molecule has 0 saturated heterocycles. The van der Waals surface area contributed by atoms with E-state index >= 15 is 0 Å². The van der Waals surface area contributed by atoms with Crippen molar-refractivity contribution in [3.05, 3.63) is 64.8 Å². The number of esters is 1. The number of carbonyl (C=O) groups is 2. The average Bonchev–Trinajstić information content (AvgIpc) is 3.05. The third kappa shape index (κ3) is 3.95. The Hall–Kier alpha value is -2.65. The number of anilines is 1. The summed E-state index contributed by atoms with van der Waals surface area (Å²) >= 11 is 3.30. The number of para-hydroxylation sites is 1. The Labute approximate surface area is 170 Å². The number of halogens is 1. The second-order valence-electron chi connectivity index (χ2n) is 6.06. The molecule has 7 nitrogen and oxygen atoms in total. The molecule has 0 atom stereocenters. The molecule has 3 rings (SSSR count). The highest BCUT2D eigenvalue weighted by atomic mass is 79.9. The average molecular weight is 465 g/mol. The van der Waals surface area contributed by atoms with E-state index in [1.807, 2.05) is 0 Å². The summed E-state index contributed by atoms with van der Waals surface area (Å²) in [6, 6.07) is 13.5. The molecule has 0 unspecified atom stereocenters. The largest absolute Gasteiger partial charge is 0.465 e. The van der Waals surface area contributed by atoms with Gasteiger partial charge < -0.3 is 4.74 Å². The smallest absolute Gasteiger partial charge is 0.340 e. The number of aromatic nitrogens is 1. The monoisotopic (exact) mass is 464 g/mol. The number of rotatable bonds is 5. The summed E-state index contributed by atoms with van der Waals surface area (Å²) < 4.78 is 32.4. The fraction of sp³-hybridized carbons (Fsp3) is 0.158. The van der Waals surface area contributed by atoms with Gasteiger partial charge in [-0.2, -0.15) is 0 Å². The van der Waals surface area contributed by atoms with Gasteiger partial charge in [-0.15, -0.1) is 0 Å². The molecule has 146 valence electrons. The summed E-state index contributed by atoms with van der Waals surface area (Å²) in [7, 11) is -2.45. The van der Waals surface area contributed by atoms with Crippen molar-refractivity contribution in [1.82, 2.24) is 4.57 Å². The molecule has 28 heavy (non-hydrogen) atoms. The van der Waals surface area contributed by atoms with Crippen LogP contribution in [-0.2, 0) is 14.8 Å². The van der Waals surface area contributed by atoms with Gasteiger partial charge in [-0.1, -0.05) is 34.1 Å². The lowest BCUT2D eigenvalue weighted by atomic mass is 10.2. The Morgan fingerprint density at radius 1 is 1.11 bits per heavy atom. The topological polar surface area (TPSA) is 85.7 Å². The van der Waals surface area contributed by atoms with Gasteiger partial charge in [0, 0.05) is 16.1 Å². The lowest BCUT2D eigenvalue weighted by molar-refractivity contribution is 0.0603. The van der Waals surface area contributed by atoms with Gasteiger partial charge in [0.25, 0.3) is 5.91 Å². The molecule has 1 aromatic heterocycles. The first kappa shape index (κ1) is 20.1. The molecule has 0 aliphatic rings. The van der Waals surface area contributed by atoms with Crippen molar-refractivity contribution in [3.8, 4) is 0 Å². The van der Waals surface area contributed by atoms with Gasteiger partial charge in [0.1, 0.15) is 6.54 Å². The van der Waals surface area contributed by atoms with E-state index in [2.05, 4.69) is 15.9 Å². The molecular formula is C19H17BrN2O5S. The molecule has 0 amide bonds. The minimum Gasteiger partial charge on any atom is -0.465 e. The van der Waals surface area contributed by atoms with Crippen molar-refractivity contribution in [1.29, 1.82) is 0 Å². The van der Waals surface area contributed by atoms with Gasteiger partial charge in [0.15, 0.2) is 0 Å². The van der Waals surface area contributed by atoms with Crippen LogP contribution >= 0.6 is 15.9 Å². The standard InChI is InChI=1S/C19H17BrN2O5S/c1-27-19(24)16-11-21(17-6-4-3-5-15(16)17)18(23)12-22(28(2,25)26)14-9-7-13(20)8-10-14/h3-11H,12H2,1-2H3. The highest BCUT2D eigenvalue weighted by Gasteiger charge is 2.24. The van der Waals surface area contributed by atoms with Crippen LogP contribution in [0, 0.1) is 0 Å². The number of hydrogen-bond donors (Lipinski definition) is 0. The summed E-state index contributed by atoms with van der Waals surface area (Å²) in [5.74, 6) is -1.07. The summed E-state index contributed by atoms with van der Waals surface area (Å²) in [4.78, 5) is 25.0. The van der Waals surface area contributed by atoms with Gasteiger partial charge in [-0.05, 0) is 30.3 Å². The number of carbonyl (C=O) groups excluding carboxylic acids is 2. The maximum Gasteiger partial charge on any atom is 0.340 e. The quantitative estimate of drug-likeness (QED) is 0.540. The summed E-state index contributed by atoms with van der Waals surface area (Å²) in [5.41, 5.74) is 1.10. The lowest BCUT2D eigenvalue weighted by Gasteiger charge is -2.22. The van der Waals surface area contributed by atoms with E-state index < -0.39 is 28.4 Å². The van der Waals surface area contributed by atoms with E-state index in [-0.39, 0.29) is 5.56 Å². The van der Waals surface area contributed by atoms with Gasteiger partial charge >= 0.3 is 5.97 Å². The van der Waals surface area contributed by atoms with Crippen LogP contribution in [0.25, 0.3) is 10.9 Å². The predicted molar refractivity (Wildman–Crippen MR) is 110 cm³/mol. The molecule has 0 spiro atoms. The molecular weight excluding hydrogens is 448 g/mol. The molecule has 2 aromatic carbocycles. The highest BCUT2D eigenvalue weighted by molar-refractivity contribution is 9.10. The number of fused-ring (bicyclic) bond motifs is 1. The zero-order valence-corrected chi connectivity index (χ0v) is 17.5. The molecule has 0 saturated carbocycles. The van der Waals surface area contributed by atoms with Crippen LogP contribution in [-0.4, -0.2) is 44.8 Å². The van der Waals surface area contributed by atoms with E-state index in [9.17, 15) is 18.0 Å². The van der Waals surface area contributed by atoms with Crippen LogP contribution in [0.1, 0.15) is 15.2 Å². The zero-order chi connectivity index (χ0) is 20.5. The normalized spacial score (nSPS) is 11.4. The third-order valence-electron chi connectivity index (χ3n) is 4.18. The van der Waals surface area contributed by atoms with Gasteiger partial charge in [-0.25, -0.2) is 13.2 Å². The SMILES string of the molecule is COC(=O)c1cn(C(=O)CN(c2ccc(Br)cc2)S(C)(=O)=O)c2ccccc12. The van der Waals surface area contributed by atoms with Crippen LogP contribution in [0.4, 0.5) is 5.69 Å². The van der Waals surface area contributed by atoms with E-state index in [0.717, 1.165) is 15.0 Å². The highest BCUT2D eigenvalue weighted by Crippen LogP contribution is 2.24. The Morgan fingerprint density at radius 2 is 1.75 bits per heavy atom. The van der Waals surface area contributed by atoms with Gasteiger partial charge in [0.2, 0.25) is 10.0 Å². The molecule has 0 fully saturated rings. The van der Waals surface area contributed by atoms with Crippen LogP contribution in [0.15, 0.2) is 59.2 Å². The van der Waals surface area contributed by atoms with Crippen LogP contribution < -0.4 is 4.31 Å². The number of sulfonamides is 1. The van der Waals surface area contributed by atoms with Crippen molar-refractivity contribution in [2.45, 2.75) is 0 Å². The van der Waals surface area contributed by atoms with Gasteiger partial charge in [0.05, 0.1) is 30.1 Å². The van der Waals surface area contributed by atoms with Crippen molar-refractivity contribution >= 4 is 54.4 Å². The number of benzene rings is 2. The zero-order valence-electron chi connectivity index (χ0n) is 15.1. The van der Waals surface area contributed by atoms with Crippen molar-refractivity contribution in [2.75, 3.05) is 24.2 Å². The minimum atomic E-state index is -3.71. The Balaban J connectivity index is 2.03. The van der Waals surface area contributed by atoms with E-state index in [1.54, 1.807) is 48.5 Å². The fourth-order valence-corrected chi connectivity index (χ4v) is 3.98. The van der Waals surface area contributed by atoms with Crippen LogP contribution in [0.5, 0.6) is 0 Å². The molecule has 3 aromatic rings. The Morgan fingerprint density at radius 3 is 2.36 bits per heavy atom. The Kier molecular flexibility index (Phi) is 5.57. The molecule has 0 radical (unpaired) electrons. The third-order valence-corrected chi connectivity index (χ3v) is 5.85. The van der Waals surface area contributed by atoms with E-state index in [1.165, 1.54) is 17.9 Å². The van der Waals surface area contributed by atoms with Crippen molar-refractivity contribution < 1.29 is 22.7 Å². The Bertz CT molecular complexity index is 1150. The molecule has 1 heterocycles. The van der Waals surface area contributed by atoms with E-state index in [4.69, 9.17) is 4.74 Å². The molecule has 0 aliphatic carbocycles. The predicted octanol–water partition coefficient (Wildman–Crippen LogP) is 3.30. The summed E-state index contributed by atoms with van der Waals surface area (Å²) in [6.45, 7) is -0.417. The number of methoxy groups -OCH3 is 1. The maximum absolute atomic E-state index is 13.0. The molecule has 0 N–H and O–H groups in total. The summed E-state index contributed by atoms with van der Waals surface area (Å²) in [6.07, 6.45) is 2.41. The van der Waals surface area contributed by atoms with Crippen LogP contribution in [0.2, 0.25) is 0 Å². The van der Waals surface area contributed by atoms with Crippen LogP contribution in [0.3, 0.4) is 0 Å². The first-order valence-corrected chi connectivity index (χ1v) is 10.8. The van der Waals surface area contributed by atoms with Crippen molar-refractivity contribution in [3.63, 3.8) is 0 Å². The number of hydrogen-bond acceptors (Lipinski definition) is 5. The molecule has 9 heteroatoms. The maximum atomic E-state index is 13.0. The van der Waals surface area contributed by atoms with Gasteiger partial charge in [-0.3, -0.25) is 13.7 Å². The number of nitrogens with zero attached hydrogens (tertiary/aromatic N) is 2. The number of ether oxygens (including phenoxy) is 1. The fourth-order valence-electron chi connectivity index (χ4n) is 2.87. The van der Waals surface area contributed by atoms with E-state index in [0.29, 0.717) is 16.6 Å². The summed E-state index contributed by atoms with van der Waals surface area (Å²) in [5, 5.41) is 0.553. The first-order chi connectivity index (χ1) is 13.2.